The third-order valence-corrected chi connectivity index (χ3v) is 6.67. The predicted octanol–water partition coefficient (Wildman–Crippen LogP) is 2.50. The Bertz CT molecular complexity index is 1210. The fourth-order valence-corrected chi connectivity index (χ4v) is 4.83. The maximum Gasteiger partial charge on any atom is 0.310 e. The number of carboxylic acids is 1. The van der Waals surface area contributed by atoms with Crippen LogP contribution in [0.2, 0.25) is 0 Å². The van der Waals surface area contributed by atoms with E-state index in [1.807, 2.05) is 37.3 Å². The molecule has 0 saturated carbocycles. The zero-order chi connectivity index (χ0) is 22.0. The minimum atomic E-state index is -3.89. The number of carboxylic acid groups (broad SMARTS) is 1. The summed E-state index contributed by atoms with van der Waals surface area (Å²) in [5.41, 5.74) is 2.77. The monoisotopic (exact) mass is 442 g/mol. The van der Waals surface area contributed by atoms with Gasteiger partial charge in [0.2, 0.25) is 10.0 Å². The molecule has 1 saturated heterocycles. The van der Waals surface area contributed by atoms with Gasteiger partial charge in [0.05, 0.1) is 35.6 Å². The van der Waals surface area contributed by atoms with E-state index >= 15 is 0 Å². The van der Waals surface area contributed by atoms with E-state index in [1.54, 1.807) is 12.1 Å². The molecule has 0 amide bonds. The molecule has 2 N–H and O–H groups in total. The first-order valence-corrected chi connectivity index (χ1v) is 11.2. The van der Waals surface area contributed by atoms with Crippen molar-refractivity contribution in [3.05, 3.63) is 65.9 Å². The Kier molecular flexibility index (Phi) is 5.90. The van der Waals surface area contributed by atoms with Gasteiger partial charge in [0, 0.05) is 16.6 Å². The smallest absolute Gasteiger partial charge is 0.310 e. The number of ether oxygens (including phenoxy) is 2. The van der Waals surface area contributed by atoms with Gasteiger partial charge < -0.3 is 14.6 Å². The van der Waals surface area contributed by atoms with Crippen LogP contribution in [0, 0.1) is 12.8 Å². The van der Waals surface area contributed by atoms with Crippen LogP contribution in [0.4, 0.5) is 0 Å². The van der Waals surface area contributed by atoms with Gasteiger partial charge in [-0.1, -0.05) is 18.2 Å². The highest BCUT2D eigenvalue weighted by Crippen LogP contribution is 2.23. The highest BCUT2D eigenvalue weighted by atomic mass is 32.2. The van der Waals surface area contributed by atoms with Crippen LogP contribution in [0.5, 0.6) is 5.75 Å². The molecule has 2 unspecified atom stereocenters. The fourth-order valence-electron chi connectivity index (χ4n) is 3.57. The molecule has 0 aliphatic carbocycles. The zero-order valence-electron chi connectivity index (χ0n) is 16.8. The summed E-state index contributed by atoms with van der Waals surface area (Å²) in [6.45, 7) is 2.25. The number of rotatable bonds is 7. The molecule has 8 nitrogen and oxygen atoms in total. The number of aryl methyl sites for hydroxylation is 1. The summed E-state index contributed by atoms with van der Waals surface area (Å²) >= 11 is 0. The zero-order valence-corrected chi connectivity index (χ0v) is 17.6. The first-order chi connectivity index (χ1) is 14.8. The Balaban J connectivity index is 1.46. The van der Waals surface area contributed by atoms with Gasteiger partial charge in [0.15, 0.2) is 0 Å². The summed E-state index contributed by atoms with van der Waals surface area (Å²) in [4.78, 5) is 15.8. The summed E-state index contributed by atoms with van der Waals surface area (Å²) in [5.74, 6) is -1.48. The molecule has 2 atom stereocenters. The molecule has 2 aromatic carbocycles. The first kappa shape index (κ1) is 21.2. The molecule has 162 valence electrons. The number of benzene rings is 2. The molecule has 4 rings (SSSR count). The molecule has 1 aliphatic rings. The molecular formula is C22H22N2O6S. The number of nitrogens with one attached hydrogen (secondary N) is 1. The molecule has 31 heavy (non-hydrogen) atoms. The van der Waals surface area contributed by atoms with Crippen molar-refractivity contribution in [2.75, 3.05) is 13.2 Å². The molecule has 3 aromatic rings. The lowest BCUT2D eigenvalue weighted by Crippen LogP contribution is -2.42. The SMILES string of the molecule is Cc1cc(COc2ccc(S(=O)(=O)NC3COCC3C(=O)O)cc2)c2ccccc2n1. The number of pyridine rings is 1. The number of hydrogen-bond acceptors (Lipinski definition) is 6. The van der Waals surface area contributed by atoms with Crippen molar-refractivity contribution < 1.29 is 27.8 Å². The Morgan fingerprint density at radius 3 is 2.68 bits per heavy atom. The molecule has 1 aromatic heterocycles. The van der Waals surface area contributed by atoms with Gasteiger partial charge in [-0.05, 0) is 43.3 Å². The number of sulfonamides is 1. The number of carbonyl (C=O) groups is 1. The van der Waals surface area contributed by atoms with Gasteiger partial charge in [0.1, 0.15) is 12.4 Å². The lowest BCUT2D eigenvalue weighted by Gasteiger charge is -2.16. The van der Waals surface area contributed by atoms with Crippen LogP contribution in [0.1, 0.15) is 11.3 Å². The van der Waals surface area contributed by atoms with Crippen LogP contribution in [-0.2, 0) is 26.2 Å². The second-order valence-corrected chi connectivity index (χ2v) is 9.12. The van der Waals surface area contributed by atoms with Crippen LogP contribution in [0.3, 0.4) is 0 Å². The summed E-state index contributed by atoms with van der Waals surface area (Å²) in [5, 5.41) is 10.2. The largest absolute Gasteiger partial charge is 0.489 e. The van der Waals surface area contributed by atoms with Gasteiger partial charge in [-0.2, -0.15) is 0 Å². The minimum Gasteiger partial charge on any atom is -0.489 e. The van der Waals surface area contributed by atoms with E-state index in [1.165, 1.54) is 12.1 Å². The van der Waals surface area contributed by atoms with Crippen LogP contribution < -0.4 is 9.46 Å². The average Bonchev–Trinajstić information content (AvgIpc) is 3.20. The van der Waals surface area contributed by atoms with Gasteiger partial charge in [0.25, 0.3) is 0 Å². The topological polar surface area (TPSA) is 115 Å². The number of fused-ring (bicyclic) bond motifs is 1. The summed E-state index contributed by atoms with van der Waals surface area (Å²) in [6, 6.07) is 15.0. The van der Waals surface area contributed by atoms with Crippen LogP contribution in [0.15, 0.2) is 59.5 Å². The molecular weight excluding hydrogens is 420 g/mol. The molecule has 1 fully saturated rings. The average molecular weight is 442 g/mol. The van der Waals surface area contributed by atoms with Crippen molar-refractivity contribution in [1.82, 2.24) is 9.71 Å². The molecule has 0 radical (unpaired) electrons. The van der Waals surface area contributed by atoms with Crippen LogP contribution in [0.25, 0.3) is 10.9 Å². The maximum atomic E-state index is 12.6. The van der Waals surface area contributed by atoms with E-state index in [9.17, 15) is 18.3 Å². The van der Waals surface area contributed by atoms with Gasteiger partial charge in [-0.15, -0.1) is 0 Å². The second-order valence-electron chi connectivity index (χ2n) is 7.41. The number of hydrogen-bond donors (Lipinski definition) is 2. The Hall–Kier alpha value is -3.01. The maximum absolute atomic E-state index is 12.6. The van der Waals surface area contributed by atoms with Crippen molar-refractivity contribution in [2.45, 2.75) is 24.5 Å². The second kappa shape index (κ2) is 8.62. The van der Waals surface area contributed by atoms with Crippen molar-refractivity contribution in [3.63, 3.8) is 0 Å². The fraction of sp³-hybridized carbons (Fsp3) is 0.273. The number of nitrogens with zero attached hydrogens (tertiary/aromatic N) is 1. The summed E-state index contributed by atoms with van der Waals surface area (Å²) < 4.78 is 38.6. The third kappa shape index (κ3) is 4.68. The summed E-state index contributed by atoms with van der Waals surface area (Å²) in [6.07, 6.45) is 0. The Labute approximate surface area is 179 Å². The third-order valence-electron chi connectivity index (χ3n) is 5.16. The van der Waals surface area contributed by atoms with Crippen LogP contribution in [-0.4, -0.2) is 43.7 Å². The molecule has 2 heterocycles. The number of para-hydroxylation sites is 1. The van der Waals surface area contributed by atoms with Crippen LogP contribution >= 0.6 is 0 Å². The predicted molar refractivity (Wildman–Crippen MR) is 113 cm³/mol. The van der Waals surface area contributed by atoms with E-state index < -0.39 is 28.0 Å². The van der Waals surface area contributed by atoms with E-state index in [0.717, 1.165) is 22.2 Å². The van der Waals surface area contributed by atoms with Crippen molar-refractivity contribution in [3.8, 4) is 5.75 Å². The summed E-state index contributed by atoms with van der Waals surface area (Å²) in [7, 11) is -3.89. The highest BCUT2D eigenvalue weighted by molar-refractivity contribution is 7.89. The highest BCUT2D eigenvalue weighted by Gasteiger charge is 2.37. The molecule has 1 aliphatic heterocycles. The Morgan fingerprint density at radius 2 is 1.94 bits per heavy atom. The van der Waals surface area contributed by atoms with E-state index in [4.69, 9.17) is 9.47 Å². The van der Waals surface area contributed by atoms with Gasteiger partial charge >= 0.3 is 5.97 Å². The molecule has 9 heteroatoms. The van der Waals surface area contributed by atoms with Gasteiger partial charge in [-0.3, -0.25) is 9.78 Å². The quantitative estimate of drug-likeness (QED) is 0.578. The normalized spacial score (nSPS) is 18.9. The lowest BCUT2D eigenvalue weighted by molar-refractivity contribution is -0.142. The minimum absolute atomic E-state index is 0.0154. The molecule has 0 spiro atoms. The standard InChI is InChI=1S/C22H22N2O6S/c1-14-10-15(18-4-2-3-5-20(18)23-14)11-30-16-6-8-17(9-7-16)31(27,28)24-21-13-29-12-19(21)22(25)26/h2-10,19,21,24H,11-13H2,1H3,(H,25,26). The van der Waals surface area contributed by atoms with Crippen molar-refractivity contribution in [2.24, 2.45) is 5.92 Å². The number of aliphatic carboxylic acids is 1. The first-order valence-electron chi connectivity index (χ1n) is 9.74. The number of aromatic nitrogens is 1. The van der Waals surface area contributed by atoms with Crippen molar-refractivity contribution in [1.29, 1.82) is 0 Å². The van der Waals surface area contributed by atoms with Crippen molar-refractivity contribution >= 4 is 26.9 Å². The molecule has 0 bridgehead atoms. The van der Waals surface area contributed by atoms with Gasteiger partial charge in [-0.25, -0.2) is 13.1 Å². The van der Waals surface area contributed by atoms with E-state index in [2.05, 4.69) is 9.71 Å². The van der Waals surface area contributed by atoms with E-state index in [0.29, 0.717) is 12.4 Å². The Morgan fingerprint density at radius 1 is 1.19 bits per heavy atom. The van der Waals surface area contributed by atoms with E-state index in [-0.39, 0.29) is 18.1 Å². The lowest BCUT2D eigenvalue weighted by atomic mass is 10.1.